The summed E-state index contributed by atoms with van der Waals surface area (Å²) in [6, 6.07) is 18.8. The zero-order valence-electron chi connectivity index (χ0n) is 18.8. The van der Waals surface area contributed by atoms with E-state index >= 15 is 0 Å². The van der Waals surface area contributed by atoms with Crippen molar-refractivity contribution in [1.29, 1.82) is 0 Å². The molecule has 1 aliphatic heterocycles. The summed E-state index contributed by atoms with van der Waals surface area (Å²) in [6.07, 6.45) is 1.69. The van der Waals surface area contributed by atoms with Crippen molar-refractivity contribution in [3.05, 3.63) is 86.3 Å². The quantitative estimate of drug-likeness (QED) is 0.208. The Morgan fingerprint density at radius 3 is 2.51 bits per heavy atom. The Hall–Kier alpha value is -2.83. The average molecular weight is 620 g/mol. The van der Waals surface area contributed by atoms with Gasteiger partial charge in [0.1, 0.15) is 4.90 Å². The number of amidine groups is 1. The summed E-state index contributed by atoms with van der Waals surface area (Å²) in [7, 11) is -4.04. The van der Waals surface area contributed by atoms with Gasteiger partial charge in [0, 0.05) is 3.57 Å². The number of halogens is 1. The zero-order chi connectivity index (χ0) is 25.0. The van der Waals surface area contributed by atoms with Crippen LogP contribution in [0.1, 0.15) is 18.1 Å². The van der Waals surface area contributed by atoms with Gasteiger partial charge in [0.15, 0.2) is 16.7 Å². The Balaban J connectivity index is 1.58. The maximum absolute atomic E-state index is 12.7. The highest BCUT2D eigenvalue weighted by Crippen LogP contribution is 2.34. The second-order valence-corrected chi connectivity index (χ2v) is 11.2. The highest BCUT2D eigenvalue weighted by molar-refractivity contribution is 14.1. The molecule has 0 saturated carbocycles. The van der Waals surface area contributed by atoms with E-state index in [1.165, 1.54) is 30.0 Å². The first-order valence-corrected chi connectivity index (χ1v) is 13.9. The van der Waals surface area contributed by atoms with Crippen molar-refractivity contribution in [2.45, 2.75) is 18.7 Å². The van der Waals surface area contributed by atoms with E-state index in [4.69, 9.17) is 8.92 Å². The molecule has 35 heavy (non-hydrogen) atoms. The molecule has 1 amide bonds. The number of hydrogen-bond acceptors (Lipinski definition) is 7. The molecule has 1 saturated heterocycles. The van der Waals surface area contributed by atoms with Crippen molar-refractivity contribution in [3.8, 4) is 11.5 Å². The molecular weight excluding hydrogens is 599 g/mol. The van der Waals surface area contributed by atoms with Crippen LogP contribution in [0.4, 0.5) is 5.69 Å². The van der Waals surface area contributed by atoms with E-state index in [2.05, 4.69) is 32.9 Å². The number of carbonyl (C=O) groups is 1. The van der Waals surface area contributed by atoms with Gasteiger partial charge in [0.2, 0.25) is 0 Å². The lowest BCUT2D eigenvalue weighted by Crippen LogP contribution is -2.19. The van der Waals surface area contributed by atoms with Gasteiger partial charge >= 0.3 is 10.1 Å². The van der Waals surface area contributed by atoms with Crippen LogP contribution in [0.15, 0.2) is 81.5 Å². The van der Waals surface area contributed by atoms with E-state index in [9.17, 15) is 13.2 Å². The van der Waals surface area contributed by atoms with Crippen LogP contribution in [0.5, 0.6) is 11.5 Å². The summed E-state index contributed by atoms with van der Waals surface area (Å²) in [5.41, 5.74) is 2.37. The standard InChI is InChI=1S/C25H21IN2O5S2/c1-3-32-22-14-17(10-13-21(22)33-35(30,31)18-11-8-16(2)9-12-18)15-23-24(29)28-25(34-23)27-20-7-5-4-6-19(20)26/h4-15H,3H2,1-2H3,(H,27,28,29)/b23-15+. The number of benzene rings is 3. The molecule has 10 heteroatoms. The van der Waals surface area contributed by atoms with E-state index < -0.39 is 10.1 Å². The first-order chi connectivity index (χ1) is 16.7. The van der Waals surface area contributed by atoms with E-state index in [1.807, 2.05) is 31.2 Å². The molecule has 1 N–H and O–H groups in total. The van der Waals surface area contributed by atoms with Gasteiger partial charge in [-0.3, -0.25) is 4.79 Å². The monoisotopic (exact) mass is 620 g/mol. The highest BCUT2D eigenvalue weighted by Gasteiger charge is 2.25. The molecule has 3 aromatic carbocycles. The third-order valence-electron chi connectivity index (χ3n) is 4.80. The van der Waals surface area contributed by atoms with Gasteiger partial charge in [-0.05, 0) is 96.2 Å². The normalized spacial score (nSPS) is 15.9. The molecular formula is C25H21IN2O5S2. The molecule has 0 atom stereocenters. The third-order valence-corrected chi connectivity index (χ3v) is 7.87. The minimum Gasteiger partial charge on any atom is -0.490 e. The van der Waals surface area contributed by atoms with Crippen molar-refractivity contribution < 1.29 is 22.1 Å². The van der Waals surface area contributed by atoms with Crippen LogP contribution in [-0.2, 0) is 14.9 Å². The predicted octanol–water partition coefficient (Wildman–Crippen LogP) is 5.66. The molecule has 0 radical (unpaired) electrons. The summed E-state index contributed by atoms with van der Waals surface area (Å²) in [5, 5.41) is 3.26. The molecule has 0 aliphatic carbocycles. The van der Waals surface area contributed by atoms with Gasteiger partial charge in [0.05, 0.1) is 17.2 Å². The number of nitrogens with zero attached hydrogens (tertiary/aromatic N) is 1. The smallest absolute Gasteiger partial charge is 0.339 e. The number of hydrogen-bond donors (Lipinski definition) is 1. The van der Waals surface area contributed by atoms with Crippen LogP contribution in [0.25, 0.3) is 6.08 Å². The Morgan fingerprint density at radius 1 is 1.06 bits per heavy atom. The van der Waals surface area contributed by atoms with E-state index in [1.54, 1.807) is 37.3 Å². The Labute approximate surface area is 221 Å². The Bertz CT molecular complexity index is 1430. The largest absolute Gasteiger partial charge is 0.490 e. The fraction of sp³-hybridized carbons (Fsp3) is 0.120. The fourth-order valence-electron chi connectivity index (χ4n) is 3.11. The number of carbonyl (C=O) groups excluding carboxylic acids is 1. The summed E-state index contributed by atoms with van der Waals surface area (Å²) < 4.78 is 37.4. The first-order valence-electron chi connectivity index (χ1n) is 10.6. The Kier molecular flexibility index (Phi) is 7.82. The van der Waals surface area contributed by atoms with Crippen molar-refractivity contribution in [3.63, 3.8) is 0 Å². The molecule has 4 rings (SSSR count). The molecule has 0 bridgehead atoms. The van der Waals surface area contributed by atoms with Crippen LogP contribution < -0.4 is 14.2 Å². The number of thioether (sulfide) groups is 1. The molecule has 0 aromatic heterocycles. The van der Waals surface area contributed by atoms with Gasteiger partial charge in [-0.2, -0.15) is 8.42 Å². The fourth-order valence-corrected chi connectivity index (χ4v) is 5.39. The Morgan fingerprint density at radius 2 is 1.80 bits per heavy atom. The molecule has 3 aromatic rings. The number of para-hydroxylation sites is 1. The lowest BCUT2D eigenvalue weighted by atomic mass is 10.2. The van der Waals surface area contributed by atoms with E-state index in [0.717, 1.165) is 14.8 Å². The lowest BCUT2D eigenvalue weighted by Gasteiger charge is -2.13. The molecule has 1 aliphatic rings. The zero-order valence-corrected chi connectivity index (χ0v) is 22.6. The van der Waals surface area contributed by atoms with Crippen molar-refractivity contribution >= 4 is 67.3 Å². The first kappa shape index (κ1) is 25.3. The molecule has 1 heterocycles. The van der Waals surface area contributed by atoms with Gasteiger partial charge in [-0.15, -0.1) is 0 Å². The van der Waals surface area contributed by atoms with Gasteiger partial charge in [0.25, 0.3) is 5.91 Å². The summed E-state index contributed by atoms with van der Waals surface area (Å²) in [4.78, 5) is 17.5. The maximum Gasteiger partial charge on any atom is 0.339 e. The topological polar surface area (TPSA) is 94.1 Å². The molecule has 0 spiro atoms. The number of rotatable bonds is 7. The number of ether oxygens (including phenoxy) is 1. The van der Waals surface area contributed by atoms with Gasteiger partial charge < -0.3 is 14.2 Å². The number of aryl methyl sites for hydroxylation is 1. The van der Waals surface area contributed by atoms with Crippen molar-refractivity contribution in [2.75, 3.05) is 6.61 Å². The van der Waals surface area contributed by atoms with Crippen molar-refractivity contribution in [1.82, 2.24) is 5.32 Å². The molecule has 7 nitrogen and oxygen atoms in total. The second-order valence-electron chi connectivity index (χ2n) is 7.42. The number of nitrogens with one attached hydrogen (secondary N) is 1. The van der Waals surface area contributed by atoms with Crippen LogP contribution in [0, 0.1) is 10.5 Å². The van der Waals surface area contributed by atoms with Gasteiger partial charge in [-0.1, -0.05) is 35.9 Å². The van der Waals surface area contributed by atoms with Crippen LogP contribution >= 0.6 is 34.4 Å². The summed E-state index contributed by atoms with van der Waals surface area (Å²) in [6.45, 7) is 3.97. The predicted molar refractivity (Wildman–Crippen MR) is 147 cm³/mol. The average Bonchev–Trinajstić information content (AvgIpc) is 3.16. The molecule has 0 unspecified atom stereocenters. The van der Waals surface area contributed by atoms with Crippen molar-refractivity contribution in [2.24, 2.45) is 4.99 Å². The molecule has 180 valence electrons. The van der Waals surface area contributed by atoms with Gasteiger partial charge in [-0.25, -0.2) is 4.99 Å². The minimum absolute atomic E-state index is 0.0515. The van der Waals surface area contributed by atoms with Crippen LogP contribution in [-0.4, -0.2) is 26.1 Å². The van der Waals surface area contributed by atoms with E-state index in [0.29, 0.717) is 22.2 Å². The SMILES string of the molecule is CCOc1cc(/C=C2/SC(=Nc3ccccc3I)NC2=O)ccc1OS(=O)(=O)c1ccc(C)cc1. The van der Waals surface area contributed by atoms with Crippen LogP contribution in [0.2, 0.25) is 0 Å². The number of aliphatic imine (C=N–C) groups is 1. The third kappa shape index (κ3) is 6.24. The van der Waals surface area contributed by atoms with Crippen LogP contribution in [0.3, 0.4) is 0 Å². The minimum atomic E-state index is -4.04. The maximum atomic E-state index is 12.7. The summed E-state index contributed by atoms with van der Waals surface area (Å²) >= 11 is 3.42. The summed E-state index contributed by atoms with van der Waals surface area (Å²) in [5.74, 6) is 0.0626. The lowest BCUT2D eigenvalue weighted by molar-refractivity contribution is -0.115. The number of amides is 1. The highest BCUT2D eigenvalue weighted by atomic mass is 127. The van der Waals surface area contributed by atoms with E-state index in [-0.39, 0.29) is 22.3 Å². The molecule has 1 fully saturated rings. The second kappa shape index (κ2) is 10.8.